The lowest BCUT2D eigenvalue weighted by Gasteiger charge is -2.28. The molecule has 2 rings (SSSR count). The minimum Gasteiger partial charge on any atom is -0.315 e. The SMILES string of the molecule is CCC1CNCC1N(C)Cc1cccc(Cl)c1. The third-order valence-corrected chi connectivity index (χ3v) is 3.95. The van der Waals surface area contributed by atoms with Gasteiger partial charge in [-0.3, -0.25) is 4.90 Å². The molecule has 1 fully saturated rings. The number of hydrogen-bond acceptors (Lipinski definition) is 2. The zero-order chi connectivity index (χ0) is 12.3. The van der Waals surface area contributed by atoms with Gasteiger partial charge in [0.05, 0.1) is 0 Å². The maximum Gasteiger partial charge on any atom is 0.0409 e. The molecule has 1 saturated heterocycles. The van der Waals surface area contributed by atoms with Gasteiger partial charge in [0.2, 0.25) is 0 Å². The average Bonchev–Trinajstić information content (AvgIpc) is 2.77. The molecule has 94 valence electrons. The number of rotatable bonds is 4. The summed E-state index contributed by atoms with van der Waals surface area (Å²) in [6, 6.07) is 8.80. The topological polar surface area (TPSA) is 15.3 Å². The van der Waals surface area contributed by atoms with Crippen LogP contribution >= 0.6 is 11.6 Å². The van der Waals surface area contributed by atoms with E-state index in [1.807, 2.05) is 12.1 Å². The molecule has 0 saturated carbocycles. The number of halogens is 1. The van der Waals surface area contributed by atoms with Crippen LogP contribution in [0.3, 0.4) is 0 Å². The molecule has 1 aliphatic rings. The molecule has 0 radical (unpaired) electrons. The van der Waals surface area contributed by atoms with Crippen molar-refractivity contribution in [2.75, 3.05) is 20.1 Å². The van der Waals surface area contributed by atoms with Gasteiger partial charge >= 0.3 is 0 Å². The highest BCUT2D eigenvalue weighted by Crippen LogP contribution is 2.20. The summed E-state index contributed by atoms with van der Waals surface area (Å²) in [4.78, 5) is 2.44. The number of benzene rings is 1. The van der Waals surface area contributed by atoms with Crippen LogP contribution in [0.5, 0.6) is 0 Å². The molecule has 0 aliphatic carbocycles. The highest BCUT2D eigenvalue weighted by Gasteiger charge is 2.28. The molecule has 17 heavy (non-hydrogen) atoms. The molecule has 1 aromatic rings. The van der Waals surface area contributed by atoms with Gasteiger partial charge in [-0.2, -0.15) is 0 Å². The first kappa shape index (κ1) is 12.9. The van der Waals surface area contributed by atoms with E-state index in [0.29, 0.717) is 6.04 Å². The van der Waals surface area contributed by atoms with E-state index in [9.17, 15) is 0 Å². The molecule has 1 aromatic carbocycles. The van der Waals surface area contributed by atoms with Gasteiger partial charge in [0, 0.05) is 24.2 Å². The molecule has 2 nitrogen and oxygen atoms in total. The third-order valence-electron chi connectivity index (χ3n) is 3.72. The van der Waals surface area contributed by atoms with E-state index in [0.717, 1.165) is 30.6 Å². The number of likely N-dealkylation sites (N-methyl/N-ethyl adjacent to an activating group) is 1. The molecule has 0 amide bonds. The Morgan fingerprint density at radius 1 is 1.41 bits per heavy atom. The van der Waals surface area contributed by atoms with Crippen LogP contribution in [-0.4, -0.2) is 31.1 Å². The fourth-order valence-electron chi connectivity index (χ4n) is 2.69. The zero-order valence-corrected chi connectivity index (χ0v) is 11.4. The Morgan fingerprint density at radius 2 is 2.24 bits per heavy atom. The molecule has 0 aromatic heterocycles. The van der Waals surface area contributed by atoms with Crippen molar-refractivity contribution in [3.05, 3.63) is 34.9 Å². The van der Waals surface area contributed by atoms with Crippen LogP contribution < -0.4 is 5.32 Å². The van der Waals surface area contributed by atoms with E-state index in [4.69, 9.17) is 11.6 Å². The first-order valence-electron chi connectivity index (χ1n) is 6.36. The van der Waals surface area contributed by atoms with Crippen LogP contribution in [0, 0.1) is 5.92 Å². The van der Waals surface area contributed by atoms with Crippen molar-refractivity contribution in [1.29, 1.82) is 0 Å². The maximum atomic E-state index is 6.01. The summed E-state index contributed by atoms with van der Waals surface area (Å²) in [5, 5.41) is 4.31. The lowest BCUT2D eigenvalue weighted by Crippen LogP contribution is -2.37. The normalized spacial score (nSPS) is 24.5. The lowest BCUT2D eigenvalue weighted by atomic mass is 9.99. The third kappa shape index (κ3) is 3.21. The van der Waals surface area contributed by atoms with Gasteiger partial charge in [-0.05, 0) is 37.2 Å². The van der Waals surface area contributed by atoms with E-state index in [1.54, 1.807) is 0 Å². The second-order valence-electron chi connectivity index (χ2n) is 4.94. The van der Waals surface area contributed by atoms with E-state index >= 15 is 0 Å². The van der Waals surface area contributed by atoms with Crippen molar-refractivity contribution >= 4 is 11.6 Å². The van der Waals surface area contributed by atoms with Crippen LogP contribution in [0.1, 0.15) is 18.9 Å². The second-order valence-corrected chi connectivity index (χ2v) is 5.38. The van der Waals surface area contributed by atoms with Gasteiger partial charge in [-0.15, -0.1) is 0 Å². The number of hydrogen-bond donors (Lipinski definition) is 1. The predicted octanol–water partition coefficient (Wildman–Crippen LogP) is 2.77. The average molecular weight is 253 g/mol. The van der Waals surface area contributed by atoms with Crippen molar-refractivity contribution in [3.8, 4) is 0 Å². The van der Waals surface area contributed by atoms with Crippen molar-refractivity contribution in [3.63, 3.8) is 0 Å². The lowest BCUT2D eigenvalue weighted by molar-refractivity contribution is 0.201. The zero-order valence-electron chi connectivity index (χ0n) is 10.6. The van der Waals surface area contributed by atoms with E-state index in [1.165, 1.54) is 12.0 Å². The van der Waals surface area contributed by atoms with Crippen molar-refractivity contribution in [2.24, 2.45) is 5.92 Å². The standard InChI is InChI=1S/C14H21ClN2/c1-3-12-8-16-9-14(12)17(2)10-11-5-4-6-13(15)7-11/h4-7,12,14,16H,3,8-10H2,1-2H3. The summed E-state index contributed by atoms with van der Waals surface area (Å²) in [5.74, 6) is 0.777. The molecule has 1 N–H and O–H groups in total. The fourth-order valence-corrected chi connectivity index (χ4v) is 2.90. The summed E-state index contributed by atoms with van der Waals surface area (Å²) in [5.41, 5.74) is 1.29. The largest absolute Gasteiger partial charge is 0.315 e. The van der Waals surface area contributed by atoms with Gasteiger partial charge in [0.25, 0.3) is 0 Å². The molecule has 3 heteroatoms. The van der Waals surface area contributed by atoms with Gasteiger partial charge in [0.1, 0.15) is 0 Å². The van der Waals surface area contributed by atoms with Crippen LogP contribution in [0.25, 0.3) is 0 Å². The van der Waals surface area contributed by atoms with E-state index < -0.39 is 0 Å². The summed E-state index contributed by atoms with van der Waals surface area (Å²) < 4.78 is 0. The van der Waals surface area contributed by atoms with Gasteiger partial charge in [-0.1, -0.05) is 37.1 Å². The molecule has 2 unspecified atom stereocenters. The smallest absolute Gasteiger partial charge is 0.0409 e. The second kappa shape index (κ2) is 5.85. The fraction of sp³-hybridized carbons (Fsp3) is 0.571. The van der Waals surface area contributed by atoms with Crippen LogP contribution in [-0.2, 0) is 6.54 Å². The highest BCUT2D eigenvalue weighted by atomic mass is 35.5. The van der Waals surface area contributed by atoms with Crippen molar-refractivity contribution < 1.29 is 0 Å². The summed E-state index contributed by atoms with van der Waals surface area (Å²) in [6.07, 6.45) is 1.25. The highest BCUT2D eigenvalue weighted by molar-refractivity contribution is 6.30. The molecule has 2 atom stereocenters. The predicted molar refractivity (Wildman–Crippen MR) is 73.4 cm³/mol. The number of nitrogens with one attached hydrogen (secondary N) is 1. The van der Waals surface area contributed by atoms with Gasteiger partial charge < -0.3 is 5.32 Å². The summed E-state index contributed by atoms with van der Waals surface area (Å²) >= 11 is 6.01. The Morgan fingerprint density at radius 3 is 2.94 bits per heavy atom. The van der Waals surface area contributed by atoms with Crippen molar-refractivity contribution in [1.82, 2.24) is 10.2 Å². The maximum absolute atomic E-state index is 6.01. The Balaban J connectivity index is 1.99. The number of nitrogens with zero attached hydrogens (tertiary/aromatic N) is 1. The Bertz CT molecular complexity index is 367. The monoisotopic (exact) mass is 252 g/mol. The van der Waals surface area contributed by atoms with Crippen molar-refractivity contribution in [2.45, 2.75) is 25.9 Å². The van der Waals surface area contributed by atoms with Gasteiger partial charge in [-0.25, -0.2) is 0 Å². The Kier molecular flexibility index (Phi) is 4.43. The van der Waals surface area contributed by atoms with E-state index in [-0.39, 0.29) is 0 Å². The minimum absolute atomic E-state index is 0.652. The molecular formula is C14H21ClN2. The molecule has 0 bridgehead atoms. The van der Waals surface area contributed by atoms with Crippen LogP contribution in [0.2, 0.25) is 5.02 Å². The van der Waals surface area contributed by atoms with Crippen LogP contribution in [0.4, 0.5) is 0 Å². The van der Waals surface area contributed by atoms with Crippen LogP contribution in [0.15, 0.2) is 24.3 Å². The van der Waals surface area contributed by atoms with Gasteiger partial charge in [0.15, 0.2) is 0 Å². The molecule has 0 spiro atoms. The molecule has 1 aliphatic heterocycles. The first-order valence-corrected chi connectivity index (χ1v) is 6.74. The quantitative estimate of drug-likeness (QED) is 0.887. The molecular weight excluding hydrogens is 232 g/mol. The first-order chi connectivity index (χ1) is 8.20. The minimum atomic E-state index is 0.652. The summed E-state index contributed by atoms with van der Waals surface area (Å²) in [7, 11) is 2.21. The molecule has 1 heterocycles. The summed E-state index contributed by atoms with van der Waals surface area (Å²) in [6.45, 7) is 5.51. The van der Waals surface area contributed by atoms with E-state index in [2.05, 4.69) is 36.3 Å². The Labute approximate surface area is 109 Å². The Hall–Kier alpha value is -0.570.